The number of nitrogens with two attached hydrogens (primary N) is 1. The van der Waals surface area contributed by atoms with Gasteiger partial charge >= 0.3 is 5.97 Å². The van der Waals surface area contributed by atoms with Crippen LogP contribution in [0.2, 0.25) is 0 Å². The van der Waals surface area contributed by atoms with Crippen LogP contribution in [0.5, 0.6) is 0 Å². The van der Waals surface area contributed by atoms with Crippen LogP contribution in [0, 0.1) is 0 Å². The molecule has 1 saturated carbocycles. The van der Waals surface area contributed by atoms with E-state index in [1.807, 2.05) is 0 Å². The summed E-state index contributed by atoms with van der Waals surface area (Å²) in [4.78, 5) is 14.4. The summed E-state index contributed by atoms with van der Waals surface area (Å²) in [6, 6.07) is 0.409. The minimum Gasteiger partial charge on any atom is -0.465 e. The van der Waals surface area contributed by atoms with Crippen molar-refractivity contribution in [2.24, 2.45) is 0 Å². The normalized spacial score (nSPS) is 16.2. The number of carbonyl (C=O) groups excluding carboxylic acids is 1. The lowest BCUT2D eigenvalue weighted by Gasteiger charge is -2.20. The second kappa shape index (κ2) is 6.01. The van der Waals surface area contributed by atoms with Crippen LogP contribution >= 0.6 is 11.3 Å². The molecule has 5 nitrogen and oxygen atoms in total. The van der Waals surface area contributed by atoms with Crippen molar-refractivity contribution in [2.75, 3.05) is 38.8 Å². The average Bonchev–Trinajstić information content (AvgIpc) is 3.19. The second-order valence-electron chi connectivity index (χ2n) is 5.55. The van der Waals surface area contributed by atoms with E-state index in [1.165, 1.54) is 18.4 Å². The van der Waals surface area contributed by atoms with E-state index in [2.05, 4.69) is 31.2 Å². The molecule has 1 aromatic heterocycles. The standard InChI is InChI=1S/C14H23N3O2S/c1-8(17(2)3)7-16-13-10(9-5-6-9)11(15)12(20-13)14(18)19-4/h8-9,16H,5-7,15H2,1-4H3. The molecule has 6 heteroatoms. The molecule has 0 bridgehead atoms. The first-order valence-corrected chi connectivity index (χ1v) is 7.68. The van der Waals surface area contributed by atoms with Crippen molar-refractivity contribution in [1.29, 1.82) is 0 Å². The van der Waals surface area contributed by atoms with Crippen LogP contribution < -0.4 is 11.1 Å². The third-order valence-corrected chi connectivity index (χ3v) is 4.94. The molecule has 3 N–H and O–H groups in total. The van der Waals surface area contributed by atoms with Crippen LogP contribution in [0.1, 0.15) is 40.9 Å². The van der Waals surface area contributed by atoms with E-state index in [1.54, 1.807) is 0 Å². The molecule has 0 aromatic carbocycles. The van der Waals surface area contributed by atoms with Crippen molar-refractivity contribution in [3.63, 3.8) is 0 Å². The third kappa shape index (κ3) is 3.07. The van der Waals surface area contributed by atoms with Gasteiger partial charge in [-0.2, -0.15) is 0 Å². The molecule has 112 valence electrons. The number of nitrogen functional groups attached to an aromatic ring is 1. The van der Waals surface area contributed by atoms with Crippen LogP contribution in [0.15, 0.2) is 0 Å². The molecular formula is C14H23N3O2S. The van der Waals surface area contributed by atoms with Gasteiger partial charge in [0.2, 0.25) is 0 Å². The maximum Gasteiger partial charge on any atom is 0.350 e. The fourth-order valence-electron chi connectivity index (χ4n) is 2.03. The van der Waals surface area contributed by atoms with Crippen LogP contribution in [0.4, 0.5) is 10.7 Å². The molecule has 20 heavy (non-hydrogen) atoms. The Kier molecular flexibility index (Phi) is 4.55. The van der Waals surface area contributed by atoms with Gasteiger partial charge in [-0.15, -0.1) is 11.3 Å². The smallest absolute Gasteiger partial charge is 0.350 e. The number of anilines is 2. The highest BCUT2D eigenvalue weighted by molar-refractivity contribution is 7.18. The molecule has 0 saturated heterocycles. The minimum absolute atomic E-state index is 0.344. The summed E-state index contributed by atoms with van der Waals surface area (Å²) in [6.07, 6.45) is 2.30. The SMILES string of the molecule is COC(=O)c1sc(NCC(C)N(C)C)c(C2CC2)c1N. The molecule has 2 rings (SSSR count). The topological polar surface area (TPSA) is 67.6 Å². The highest BCUT2D eigenvalue weighted by atomic mass is 32.1. The molecule has 1 fully saturated rings. The number of hydrogen-bond donors (Lipinski definition) is 2. The van der Waals surface area contributed by atoms with Gasteiger partial charge in [0, 0.05) is 18.2 Å². The number of ether oxygens (including phenoxy) is 1. The Morgan fingerprint density at radius 2 is 2.20 bits per heavy atom. The average molecular weight is 297 g/mol. The zero-order valence-corrected chi connectivity index (χ0v) is 13.3. The number of methoxy groups -OCH3 is 1. The summed E-state index contributed by atoms with van der Waals surface area (Å²) in [5, 5.41) is 4.47. The summed E-state index contributed by atoms with van der Waals surface area (Å²) in [5.41, 5.74) is 7.86. The molecular weight excluding hydrogens is 274 g/mol. The monoisotopic (exact) mass is 297 g/mol. The summed E-state index contributed by atoms with van der Waals surface area (Å²) in [7, 11) is 5.49. The summed E-state index contributed by atoms with van der Waals surface area (Å²) in [5.74, 6) is 0.157. The summed E-state index contributed by atoms with van der Waals surface area (Å²) < 4.78 is 4.80. The van der Waals surface area contributed by atoms with Crippen molar-refractivity contribution in [1.82, 2.24) is 4.90 Å². The maximum absolute atomic E-state index is 11.8. The van der Waals surface area contributed by atoms with Crippen LogP contribution in [0.3, 0.4) is 0 Å². The first kappa shape index (κ1) is 15.1. The summed E-state index contributed by atoms with van der Waals surface area (Å²) in [6.45, 7) is 2.98. The van der Waals surface area contributed by atoms with Crippen LogP contribution in [0.25, 0.3) is 0 Å². The van der Waals surface area contributed by atoms with E-state index >= 15 is 0 Å². The van der Waals surface area contributed by atoms with Gasteiger partial charge in [0.05, 0.1) is 17.8 Å². The van der Waals surface area contributed by atoms with E-state index in [9.17, 15) is 4.79 Å². The number of rotatable bonds is 6. The van der Waals surface area contributed by atoms with Crippen molar-refractivity contribution < 1.29 is 9.53 Å². The first-order valence-electron chi connectivity index (χ1n) is 6.86. The largest absolute Gasteiger partial charge is 0.465 e. The predicted molar refractivity (Wildman–Crippen MR) is 83.7 cm³/mol. The molecule has 1 unspecified atom stereocenters. The Labute approximate surface area is 124 Å². The Morgan fingerprint density at radius 3 is 2.70 bits per heavy atom. The quantitative estimate of drug-likeness (QED) is 0.789. The van der Waals surface area contributed by atoms with Crippen molar-refractivity contribution >= 4 is 28.0 Å². The highest BCUT2D eigenvalue weighted by Crippen LogP contribution is 2.50. The Bertz CT molecular complexity index is 495. The number of hydrogen-bond acceptors (Lipinski definition) is 6. The highest BCUT2D eigenvalue weighted by Gasteiger charge is 2.33. The maximum atomic E-state index is 11.8. The molecule has 1 aromatic rings. The third-order valence-electron chi connectivity index (χ3n) is 3.78. The number of thiophene rings is 1. The number of nitrogens with one attached hydrogen (secondary N) is 1. The molecule has 0 aliphatic heterocycles. The first-order chi connectivity index (χ1) is 9.45. The van der Waals surface area contributed by atoms with E-state index in [0.717, 1.165) is 30.0 Å². The van der Waals surface area contributed by atoms with Crippen molar-refractivity contribution in [2.45, 2.75) is 31.7 Å². The number of likely N-dealkylation sites (N-methyl/N-ethyl adjacent to an activating group) is 1. The Balaban J connectivity index is 2.20. The molecule has 0 radical (unpaired) electrons. The predicted octanol–water partition coefficient (Wildman–Crippen LogP) is 2.36. The van der Waals surface area contributed by atoms with Gasteiger partial charge in [0.25, 0.3) is 0 Å². The lowest BCUT2D eigenvalue weighted by Crippen LogP contribution is -2.31. The number of nitrogens with zero attached hydrogens (tertiary/aromatic N) is 1. The fourth-order valence-corrected chi connectivity index (χ4v) is 3.17. The molecule has 1 aliphatic carbocycles. The Morgan fingerprint density at radius 1 is 1.55 bits per heavy atom. The van der Waals surface area contributed by atoms with Gasteiger partial charge in [0.15, 0.2) is 0 Å². The second-order valence-corrected chi connectivity index (χ2v) is 6.57. The van der Waals surface area contributed by atoms with Crippen LogP contribution in [-0.4, -0.2) is 44.7 Å². The molecule has 0 spiro atoms. The van der Waals surface area contributed by atoms with Gasteiger partial charge in [-0.3, -0.25) is 0 Å². The van der Waals surface area contributed by atoms with E-state index in [4.69, 9.17) is 10.5 Å². The van der Waals surface area contributed by atoms with Crippen molar-refractivity contribution in [3.8, 4) is 0 Å². The van der Waals surface area contributed by atoms with Gasteiger partial charge in [-0.05, 0) is 39.8 Å². The van der Waals surface area contributed by atoms with Gasteiger partial charge in [-0.25, -0.2) is 4.79 Å². The lowest BCUT2D eigenvalue weighted by atomic mass is 10.1. The van der Waals surface area contributed by atoms with Gasteiger partial charge in [-0.1, -0.05) is 0 Å². The van der Waals surface area contributed by atoms with Gasteiger partial charge in [0.1, 0.15) is 4.88 Å². The molecule has 1 aliphatic rings. The van der Waals surface area contributed by atoms with Gasteiger partial charge < -0.3 is 20.7 Å². The fraction of sp³-hybridized carbons (Fsp3) is 0.643. The number of carbonyl (C=O) groups is 1. The van der Waals surface area contributed by atoms with E-state index in [0.29, 0.717) is 22.5 Å². The molecule has 1 heterocycles. The van der Waals surface area contributed by atoms with Crippen LogP contribution in [-0.2, 0) is 4.74 Å². The zero-order valence-electron chi connectivity index (χ0n) is 12.5. The van der Waals surface area contributed by atoms with E-state index < -0.39 is 0 Å². The number of esters is 1. The summed E-state index contributed by atoms with van der Waals surface area (Å²) >= 11 is 1.41. The molecule has 0 amide bonds. The Hall–Kier alpha value is -1.27. The lowest BCUT2D eigenvalue weighted by molar-refractivity contribution is 0.0607. The molecule has 1 atom stereocenters. The van der Waals surface area contributed by atoms with Crippen molar-refractivity contribution in [3.05, 3.63) is 10.4 Å². The minimum atomic E-state index is -0.344. The van der Waals surface area contributed by atoms with E-state index in [-0.39, 0.29) is 5.97 Å². The zero-order chi connectivity index (χ0) is 14.9.